The molecule has 0 radical (unpaired) electrons. The van der Waals surface area contributed by atoms with Crippen molar-refractivity contribution in [1.29, 1.82) is 0 Å². The summed E-state index contributed by atoms with van der Waals surface area (Å²) in [6, 6.07) is 1.92. The molecule has 2 amide bonds. The van der Waals surface area contributed by atoms with Crippen molar-refractivity contribution in [3.8, 4) is 0 Å². The Labute approximate surface area is 150 Å². The van der Waals surface area contributed by atoms with E-state index in [0.29, 0.717) is 5.92 Å². The molecule has 1 aromatic rings. The molecule has 2 N–H and O–H groups in total. The Morgan fingerprint density at radius 3 is 2.60 bits per heavy atom. The Balaban J connectivity index is 1.85. The SMILES string of the molecule is CCC(C)n1nccc1NC(=O)C(C)N1CCC(CNC(C)=O)CC1. The van der Waals surface area contributed by atoms with E-state index in [2.05, 4.69) is 34.5 Å². The van der Waals surface area contributed by atoms with Crippen LogP contribution in [0.5, 0.6) is 0 Å². The number of likely N-dealkylation sites (tertiary alicyclic amines) is 1. The Kier molecular flexibility index (Phi) is 6.99. The smallest absolute Gasteiger partial charge is 0.242 e. The molecule has 25 heavy (non-hydrogen) atoms. The number of carbonyl (C=O) groups excluding carboxylic acids is 2. The van der Waals surface area contributed by atoms with Gasteiger partial charge in [-0.05, 0) is 52.1 Å². The third-order valence-electron chi connectivity index (χ3n) is 5.15. The van der Waals surface area contributed by atoms with Gasteiger partial charge in [-0.1, -0.05) is 6.92 Å². The van der Waals surface area contributed by atoms with Crippen LogP contribution in [0.2, 0.25) is 0 Å². The van der Waals surface area contributed by atoms with Crippen LogP contribution < -0.4 is 10.6 Å². The largest absolute Gasteiger partial charge is 0.356 e. The van der Waals surface area contributed by atoms with Crippen molar-refractivity contribution in [2.75, 3.05) is 25.0 Å². The van der Waals surface area contributed by atoms with Crippen LogP contribution in [0, 0.1) is 5.92 Å². The summed E-state index contributed by atoms with van der Waals surface area (Å²) in [5, 5.41) is 10.2. The molecule has 0 aliphatic carbocycles. The van der Waals surface area contributed by atoms with Gasteiger partial charge in [-0.3, -0.25) is 14.5 Å². The van der Waals surface area contributed by atoms with Crippen molar-refractivity contribution in [2.24, 2.45) is 5.92 Å². The van der Waals surface area contributed by atoms with E-state index in [0.717, 1.165) is 44.7 Å². The highest BCUT2D eigenvalue weighted by Gasteiger charge is 2.27. The maximum Gasteiger partial charge on any atom is 0.242 e. The number of nitrogens with zero attached hydrogens (tertiary/aromatic N) is 3. The Morgan fingerprint density at radius 1 is 1.32 bits per heavy atom. The van der Waals surface area contributed by atoms with Crippen molar-refractivity contribution in [3.63, 3.8) is 0 Å². The zero-order chi connectivity index (χ0) is 18.4. The van der Waals surface area contributed by atoms with Gasteiger partial charge < -0.3 is 10.6 Å². The van der Waals surface area contributed by atoms with Crippen LogP contribution in [0.15, 0.2) is 12.3 Å². The van der Waals surface area contributed by atoms with E-state index >= 15 is 0 Å². The van der Waals surface area contributed by atoms with Crippen LogP contribution in [-0.2, 0) is 9.59 Å². The molecule has 1 aliphatic heterocycles. The van der Waals surface area contributed by atoms with E-state index in [1.54, 1.807) is 13.1 Å². The van der Waals surface area contributed by atoms with Gasteiger partial charge in [0.15, 0.2) is 0 Å². The lowest BCUT2D eigenvalue weighted by molar-refractivity contribution is -0.121. The predicted molar refractivity (Wildman–Crippen MR) is 98.3 cm³/mol. The molecule has 2 heterocycles. The summed E-state index contributed by atoms with van der Waals surface area (Å²) < 4.78 is 1.87. The summed E-state index contributed by atoms with van der Waals surface area (Å²) in [7, 11) is 0. The first-order chi connectivity index (χ1) is 11.9. The molecule has 2 rings (SSSR count). The van der Waals surface area contributed by atoms with E-state index in [1.165, 1.54) is 0 Å². The zero-order valence-electron chi connectivity index (χ0n) is 15.8. The highest BCUT2D eigenvalue weighted by Crippen LogP contribution is 2.20. The van der Waals surface area contributed by atoms with Crippen molar-refractivity contribution >= 4 is 17.6 Å². The number of carbonyl (C=O) groups is 2. The van der Waals surface area contributed by atoms with Gasteiger partial charge in [-0.2, -0.15) is 5.10 Å². The van der Waals surface area contributed by atoms with Crippen LogP contribution in [0.25, 0.3) is 0 Å². The number of hydrogen-bond acceptors (Lipinski definition) is 4. The monoisotopic (exact) mass is 349 g/mol. The van der Waals surface area contributed by atoms with E-state index < -0.39 is 0 Å². The standard InChI is InChI=1S/C18H31N5O2/c1-5-13(2)23-17(6-9-20-23)21-18(25)14(3)22-10-7-16(8-11-22)12-19-15(4)24/h6,9,13-14,16H,5,7-8,10-12H2,1-4H3,(H,19,24)(H,21,25). The molecule has 0 bridgehead atoms. The number of piperidine rings is 1. The van der Waals surface area contributed by atoms with Gasteiger partial charge >= 0.3 is 0 Å². The number of rotatable bonds is 7. The lowest BCUT2D eigenvalue weighted by Crippen LogP contribution is -2.47. The topological polar surface area (TPSA) is 79.3 Å². The van der Waals surface area contributed by atoms with Crippen LogP contribution >= 0.6 is 0 Å². The predicted octanol–water partition coefficient (Wildman–Crippen LogP) is 2.03. The maximum absolute atomic E-state index is 12.6. The second-order valence-electron chi connectivity index (χ2n) is 7.00. The first kappa shape index (κ1) is 19.4. The number of anilines is 1. The Morgan fingerprint density at radius 2 is 2.00 bits per heavy atom. The summed E-state index contributed by atoms with van der Waals surface area (Å²) >= 11 is 0. The van der Waals surface area contributed by atoms with Gasteiger partial charge in [0.1, 0.15) is 5.82 Å². The fourth-order valence-corrected chi connectivity index (χ4v) is 3.17. The zero-order valence-corrected chi connectivity index (χ0v) is 15.8. The Hall–Kier alpha value is -1.89. The Bertz CT molecular complexity index is 578. The van der Waals surface area contributed by atoms with Gasteiger partial charge in [0.2, 0.25) is 11.8 Å². The van der Waals surface area contributed by atoms with Crippen LogP contribution in [-0.4, -0.2) is 52.2 Å². The summed E-state index contributed by atoms with van der Waals surface area (Å²) in [5.41, 5.74) is 0. The molecule has 2 unspecified atom stereocenters. The minimum atomic E-state index is -0.179. The first-order valence-corrected chi connectivity index (χ1v) is 9.25. The van der Waals surface area contributed by atoms with E-state index in [-0.39, 0.29) is 23.9 Å². The fourth-order valence-electron chi connectivity index (χ4n) is 3.17. The third-order valence-corrected chi connectivity index (χ3v) is 5.15. The maximum atomic E-state index is 12.6. The number of hydrogen-bond donors (Lipinski definition) is 2. The lowest BCUT2D eigenvalue weighted by Gasteiger charge is -2.35. The molecule has 0 aromatic carbocycles. The number of nitrogens with one attached hydrogen (secondary N) is 2. The molecular weight excluding hydrogens is 318 g/mol. The molecule has 0 spiro atoms. The molecule has 7 nitrogen and oxygen atoms in total. The summed E-state index contributed by atoms with van der Waals surface area (Å²) in [6.45, 7) is 10.2. The van der Waals surface area contributed by atoms with E-state index in [9.17, 15) is 9.59 Å². The van der Waals surface area contributed by atoms with Gasteiger partial charge in [0.05, 0.1) is 18.3 Å². The number of amides is 2. The van der Waals surface area contributed by atoms with Gasteiger partial charge in [-0.25, -0.2) is 4.68 Å². The highest BCUT2D eigenvalue weighted by molar-refractivity contribution is 5.93. The molecule has 140 valence electrons. The molecular formula is C18H31N5O2. The molecule has 1 saturated heterocycles. The molecule has 7 heteroatoms. The van der Waals surface area contributed by atoms with Crippen molar-refractivity contribution in [1.82, 2.24) is 20.0 Å². The van der Waals surface area contributed by atoms with Crippen LogP contribution in [0.1, 0.15) is 53.0 Å². The normalized spacial score (nSPS) is 18.6. The molecule has 2 atom stereocenters. The fraction of sp³-hybridized carbons (Fsp3) is 0.722. The van der Waals surface area contributed by atoms with Gasteiger partial charge in [0, 0.05) is 19.5 Å². The number of aromatic nitrogens is 2. The first-order valence-electron chi connectivity index (χ1n) is 9.25. The lowest BCUT2D eigenvalue weighted by atomic mass is 9.95. The summed E-state index contributed by atoms with van der Waals surface area (Å²) in [6.07, 6.45) is 4.69. The molecule has 1 aromatic heterocycles. The minimum absolute atomic E-state index is 0.00497. The third kappa shape index (κ3) is 5.29. The quantitative estimate of drug-likeness (QED) is 0.789. The molecule has 1 fully saturated rings. The minimum Gasteiger partial charge on any atom is -0.356 e. The van der Waals surface area contributed by atoms with Crippen LogP contribution in [0.4, 0.5) is 5.82 Å². The van der Waals surface area contributed by atoms with E-state index in [4.69, 9.17) is 0 Å². The van der Waals surface area contributed by atoms with Crippen molar-refractivity contribution < 1.29 is 9.59 Å². The van der Waals surface area contributed by atoms with Gasteiger partial charge in [-0.15, -0.1) is 0 Å². The molecule has 1 aliphatic rings. The summed E-state index contributed by atoms with van der Waals surface area (Å²) in [4.78, 5) is 25.8. The van der Waals surface area contributed by atoms with E-state index in [1.807, 2.05) is 17.7 Å². The highest BCUT2D eigenvalue weighted by atomic mass is 16.2. The second kappa shape index (κ2) is 8.99. The van der Waals surface area contributed by atoms with Crippen LogP contribution in [0.3, 0.4) is 0 Å². The molecule has 0 saturated carbocycles. The second-order valence-corrected chi connectivity index (χ2v) is 7.00. The average molecular weight is 349 g/mol. The van der Waals surface area contributed by atoms with Crippen molar-refractivity contribution in [3.05, 3.63) is 12.3 Å². The summed E-state index contributed by atoms with van der Waals surface area (Å²) in [5.74, 6) is 1.28. The van der Waals surface area contributed by atoms with Gasteiger partial charge in [0.25, 0.3) is 0 Å². The van der Waals surface area contributed by atoms with Crippen molar-refractivity contribution in [2.45, 2.75) is 59.0 Å². The average Bonchev–Trinajstić information content (AvgIpc) is 3.07.